The Morgan fingerprint density at radius 2 is 2.07 bits per heavy atom. The van der Waals surface area contributed by atoms with E-state index in [1.54, 1.807) is 0 Å². The molecule has 0 atom stereocenters. The summed E-state index contributed by atoms with van der Waals surface area (Å²) < 4.78 is 35.4. The molecule has 0 aliphatic rings. The van der Waals surface area contributed by atoms with Crippen molar-refractivity contribution in [1.29, 1.82) is 0 Å². The number of hydrogen-bond acceptors (Lipinski definition) is 4. The molecule has 0 fully saturated rings. The summed E-state index contributed by atoms with van der Waals surface area (Å²) >= 11 is 5.54. The number of nitrogen functional groups attached to an aromatic ring is 1. The number of rotatable bonds is 3. The zero-order chi connectivity index (χ0) is 11.5. The summed E-state index contributed by atoms with van der Waals surface area (Å²) in [7, 11) is 0. The quantitative estimate of drug-likeness (QED) is 0.794. The van der Waals surface area contributed by atoms with Gasteiger partial charge in [0.25, 0.3) is 0 Å². The predicted octanol–water partition coefficient (Wildman–Crippen LogP) is 2.08. The maximum Gasteiger partial charge on any atom is 0.390 e. The molecule has 0 radical (unpaired) electrons. The van der Waals surface area contributed by atoms with Gasteiger partial charge in [0.05, 0.1) is 6.42 Å². The van der Waals surface area contributed by atoms with Crippen LogP contribution in [0, 0.1) is 0 Å². The molecule has 1 aromatic heterocycles. The lowest BCUT2D eigenvalue weighted by molar-refractivity contribution is -0.131. The Bertz CT molecular complexity index is 341. The van der Waals surface area contributed by atoms with E-state index in [-0.39, 0.29) is 23.2 Å². The number of aromatic nitrogens is 2. The maximum absolute atomic E-state index is 11.8. The minimum absolute atomic E-state index is 0.0134. The van der Waals surface area contributed by atoms with E-state index in [0.717, 1.165) is 6.33 Å². The van der Waals surface area contributed by atoms with Crippen LogP contribution in [0.3, 0.4) is 0 Å². The molecule has 84 valence electrons. The first-order chi connectivity index (χ1) is 6.90. The third-order valence-corrected chi connectivity index (χ3v) is 1.84. The molecular formula is C7H8ClF3N4. The zero-order valence-electron chi connectivity index (χ0n) is 7.48. The Morgan fingerprint density at radius 3 is 2.67 bits per heavy atom. The first-order valence-electron chi connectivity index (χ1n) is 3.97. The fourth-order valence-corrected chi connectivity index (χ4v) is 0.971. The number of hydrogen-bond donors (Lipinski definition) is 2. The van der Waals surface area contributed by atoms with Crippen molar-refractivity contribution >= 4 is 23.1 Å². The number of anilines is 2. The highest BCUT2D eigenvalue weighted by Gasteiger charge is 2.26. The van der Waals surface area contributed by atoms with Gasteiger partial charge in [0.15, 0.2) is 11.0 Å². The van der Waals surface area contributed by atoms with Crippen molar-refractivity contribution in [3.05, 3.63) is 11.5 Å². The number of nitrogens with two attached hydrogens (primary N) is 1. The van der Waals surface area contributed by atoms with Crippen molar-refractivity contribution in [1.82, 2.24) is 9.97 Å². The van der Waals surface area contributed by atoms with Crippen LogP contribution in [0.25, 0.3) is 0 Å². The molecule has 0 spiro atoms. The van der Waals surface area contributed by atoms with E-state index in [1.807, 2.05) is 0 Å². The summed E-state index contributed by atoms with van der Waals surface area (Å²) in [6.45, 7) is -0.305. The molecule has 0 aliphatic carbocycles. The molecule has 3 N–H and O–H groups in total. The lowest BCUT2D eigenvalue weighted by Crippen LogP contribution is -2.16. The average molecular weight is 241 g/mol. The SMILES string of the molecule is Nc1c(Cl)ncnc1NCCC(F)(F)F. The van der Waals surface area contributed by atoms with Crippen LogP contribution in [0.4, 0.5) is 24.7 Å². The van der Waals surface area contributed by atoms with E-state index in [9.17, 15) is 13.2 Å². The fourth-order valence-electron chi connectivity index (χ4n) is 0.838. The van der Waals surface area contributed by atoms with Crippen LogP contribution in [0.2, 0.25) is 5.15 Å². The van der Waals surface area contributed by atoms with E-state index >= 15 is 0 Å². The topological polar surface area (TPSA) is 63.8 Å². The van der Waals surface area contributed by atoms with Crippen LogP contribution >= 0.6 is 11.6 Å². The van der Waals surface area contributed by atoms with Gasteiger partial charge in [-0.3, -0.25) is 0 Å². The Balaban J connectivity index is 2.55. The lowest BCUT2D eigenvalue weighted by Gasteiger charge is -2.09. The van der Waals surface area contributed by atoms with Crippen LogP contribution in [0.5, 0.6) is 0 Å². The molecule has 0 saturated carbocycles. The highest BCUT2D eigenvalue weighted by molar-refractivity contribution is 6.32. The summed E-state index contributed by atoms with van der Waals surface area (Å²) in [6.07, 6.45) is -4.05. The minimum atomic E-state index is -4.21. The van der Waals surface area contributed by atoms with Gasteiger partial charge in [0, 0.05) is 6.54 Å². The molecule has 8 heteroatoms. The molecule has 1 aromatic rings. The second-order valence-corrected chi connectivity index (χ2v) is 3.08. The van der Waals surface area contributed by atoms with Gasteiger partial charge in [0.2, 0.25) is 0 Å². The van der Waals surface area contributed by atoms with Crippen molar-refractivity contribution < 1.29 is 13.2 Å². The van der Waals surface area contributed by atoms with Gasteiger partial charge >= 0.3 is 6.18 Å². The Kier molecular flexibility index (Phi) is 3.57. The van der Waals surface area contributed by atoms with E-state index in [0.29, 0.717) is 0 Å². The van der Waals surface area contributed by atoms with Crippen molar-refractivity contribution in [3.63, 3.8) is 0 Å². The summed E-state index contributed by atoms with van der Waals surface area (Å²) in [4.78, 5) is 7.22. The molecule has 0 aliphatic heterocycles. The fraction of sp³-hybridized carbons (Fsp3) is 0.429. The third kappa shape index (κ3) is 3.78. The Hall–Kier alpha value is -1.24. The number of nitrogens with one attached hydrogen (secondary N) is 1. The largest absolute Gasteiger partial charge is 0.393 e. The molecule has 1 heterocycles. The van der Waals surface area contributed by atoms with Gasteiger partial charge in [-0.1, -0.05) is 11.6 Å². The van der Waals surface area contributed by atoms with E-state index < -0.39 is 12.6 Å². The highest BCUT2D eigenvalue weighted by atomic mass is 35.5. The molecule has 0 saturated heterocycles. The van der Waals surface area contributed by atoms with E-state index in [1.165, 1.54) is 0 Å². The van der Waals surface area contributed by atoms with Crippen molar-refractivity contribution in [3.8, 4) is 0 Å². The summed E-state index contributed by atoms with van der Waals surface area (Å²) in [5.74, 6) is 0.110. The van der Waals surface area contributed by atoms with Gasteiger partial charge in [-0.05, 0) is 0 Å². The van der Waals surface area contributed by atoms with Gasteiger partial charge in [-0.15, -0.1) is 0 Å². The number of nitrogens with zero attached hydrogens (tertiary/aromatic N) is 2. The van der Waals surface area contributed by atoms with Crippen LogP contribution in [0.1, 0.15) is 6.42 Å². The molecule has 0 bridgehead atoms. The van der Waals surface area contributed by atoms with Crippen LogP contribution in [0.15, 0.2) is 6.33 Å². The second-order valence-electron chi connectivity index (χ2n) is 2.72. The van der Waals surface area contributed by atoms with Crippen molar-refractivity contribution in [2.24, 2.45) is 0 Å². The van der Waals surface area contributed by atoms with Crippen molar-refractivity contribution in [2.45, 2.75) is 12.6 Å². The lowest BCUT2D eigenvalue weighted by atomic mass is 10.4. The number of halogens is 4. The molecule has 1 rings (SSSR count). The van der Waals surface area contributed by atoms with Crippen LogP contribution in [-0.2, 0) is 0 Å². The molecule has 0 aromatic carbocycles. The standard InChI is InChI=1S/C7H8ClF3N4/c8-5-4(12)6(15-3-14-5)13-2-1-7(9,10)11/h3H,1-2,12H2,(H,13,14,15). The van der Waals surface area contributed by atoms with Crippen molar-refractivity contribution in [2.75, 3.05) is 17.6 Å². The normalized spacial score (nSPS) is 11.5. The van der Waals surface area contributed by atoms with Gasteiger partial charge in [-0.25, -0.2) is 9.97 Å². The molecule has 0 unspecified atom stereocenters. The smallest absolute Gasteiger partial charge is 0.390 e. The second kappa shape index (κ2) is 4.52. The zero-order valence-corrected chi connectivity index (χ0v) is 8.23. The first-order valence-corrected chi connectivity index (χ1v) is 4.34. The molecular weight excluding hydrogens is 233 g/mol. The average Bonchev–Trinajstić information content (AvgIpc) is 2.10. The third-order valence-electron chi connectivity index (χ3n) is 1.54. The van der Waals surface area contributed by atoms with E-state index in [2.05, 4.69) is 15.3 Å². The summed E-state index contributed by atoms with van der Waals surface area (Å²) in [5.41, 5.74) is 5.47. The van der Waals surface area contributed by atoms with Gasteiger partial charge < -0.3 is 11.1 Å². The Morgan fingerprint density at radius 1 is 1.40 bits per heavy atom. The predicted molar refractivity (Wildman–Crippen MR) is 50.6 cm³/mol. The monoisotopic (exact) mass is 240 g/mol. The number of alkyl halides is 3. The highest BCUT2D eigenvalue weighted by Crippen LogP contribution is 2.23. The Labute approximate surface area is 88.7 Å². The maximum atomic E-state index is 11.8. The minimum Gasteiger partial charge on any atom is -0.393 e. The first kappa shape index (κ1) is 11.8. The van der Waals surface area contributed by atoms with Crippen LogP contribution in [-0.4, -0.2) is 22.7 Å². The molecule has 4 nitrogen and oxygen atoms in total. The summed E-state index contributed by atoms with van der Waals surface area (Å²) in [5, 5.41) is 2.44. The molecule has 0 amide bonds. The van der Waals surface area contributed by atoms with Gasteiger partial charge in [0.1, 0.15) is 12.0 Å². The molecule has 15 heavy (non-hydrogen) atoms. The van der Waals surface area contributed by atoms with Gasteiger partial charge in [-0.2, -0.15) is 13.2 Å². The van der Waals surface area contributed by atoms with Crippen LogP contribution < -0.4 is 11.1 Å². The summed E-state index contributed by atoms with van der Waals surface area (Å²) in [6, 6.07) is 0. The van der Waals surface area contributed by atoms with E-state index in [4.69, 9.17) is 17.3 Å².